The first-order chi connectivity index (χ1) is 28.0. The molecule has 2 aromatic rings. The van der Waals surface area contributed by atoms with Gasteiger partial charge in [-0.15, -0.1) is 0 Å². The highest BCUT2D eigenvalue weighted by atomic mass is 32.2. The molecule has 3 fully saturated rings. The Hall–Kier alpha value is -4.35. The lowest BCUT2D eigenvalue weighted by Crippen LogP contribution is -2.61. The molecule has 2 saturated carbocycles. The summed E-state index contributed by atoms with van der Waals surface area (Å²) in [5.41, 5.74) is -2.35. The topological polar surface area (TPSA) is 195 Å². The summed E-state index contributed by atoms with van der Waals surface area (Å²) < 4.78 is 73.8. The molecule has 3 N–H and O–H groups in total. The van der Waals surface area contributed by atoms with Crippen LogP contribution in [0, 0.1) is 17.3 Å². The van der Waals surface area contributed by atoms with Crippen molar-refractivity contribution in [2.24, 2.45) is 17.3 Å². The lowest BCUT2D eigenvalue weighted by Gasteiger charge is -2.37. The number of alkyl halides is 2. The van der Waals surface area contributed by atoms with E-state index in [9.17, 15) is 36.4 Å². The van der Waals surface area contributed by atoms with Crippen molar-refractivity contribution < 1.29 is 50.6 Å². The lowest BCUT2D eigenvalue weighted by atomic mass is 9.85. The van der Waals surface area contributed by atoms with Gasteiger partial charge < -0.3 is 29.7 Å². The monoisotopic (exact) mass is 862 g/mol. The Morgan fingerprint density at radius 1 is 1.03 bits per heavy atom. The van der Waals surface area contributed by atoms with E-state index in [4.69, 9.17) is 24.2 Å². The Balaban J connectivity index is 1.41. The fraction of sp³-hybridized carbons (Fsp3) is 0.714. The van der Waals surface area contributed by atoms with Crippen LogP contribution in [0.2, 0.25) is 0 Å². The number of rotatable bonds is 8. The van der Waals surface area contributed by atoms with Gasteiger partial charge in [0.2, 0.25) is 34.1 Å². The van der Waals surface area contributed by atoms with Gasteiger partial charge in [0, 0.05) is 12.0 Å². The van der Waals surface area contributed by atoms with Crippen LogP contribution < -0.4 is 24.8 Å². The van der Waals surface area contributed by atoms with E-state index in [1.54, 1.807) is 59.7 Å². The zero-order valence-electron chi connectivity index (χ0n) is 35.9. The first-order valence-electron chi connectivity index (χ1n) is 21.0. The minimum absolute atomic E-state index is 0.189. The zero-order valence-corrected chi connectivity index (χ0v) is 36.7. The number of hydrogen-bond donors (Lipinski definition) is 3. The molecule has 1 saturated heterocycles. The van der Waals surface area contributed by atoms with Crippen LogP contribution in [0.25, 0.3) is 11.0 Å². The van der Waals surface area contributed by atoms with Crippen molar-refractivity contribution in [3.8, 4) is 11.6 Å². The van der Waals surface area contributed by atoms with Gasteiger partial charge in [-0.2, -0.15) is 0 Å². The second-order valence-electron chi connectivity index (χ2n) is 18.8. The van der Waals surface area contributed by atoms with Gasteiger partial charge >= 0.3 is 6.09 Å². The number of nitrogens with zero attached hydrogens (tertiary/aromatic N) is 3. The molecule has 0 radical (unpaired) electrons. The fourth-order valence-electron chi connectivity index (χ4n) is 8.40. The van der Waals surface area contributed by atoms with Crippen molar-refractivity contribution in [2.45, 2.75) is 160 Å². The molecule has 1 aromatic heterocycles. The molecule has 6 atom stereocenters. The minimum atomic E-state index is -4.25. The summed E-state index contributed by atoms with van der Waals surface area (Å²) in [5.74, 6) is -4.58. The fourth-order valence-corrected chi connectivity index (χ4v) is 9.71. The molecular weight excluding hydrogens is 803 g/mol. The Bertz CT molecular complexity index is 2090. The summed E-state index contributed by atoms with van der Waals surface area (Å²) in [6.45, 7) is 11.9. The Morgan fingerprint density at radius 2 is 1.72 bits per heavy atom. The number of sulfonamides is 1. The molecule has 4 aliphatic rings. The van der Waals surface area contributed by atoms with Crippen LogP contribution in [0.4, 0.5) is 13.6 Å². The number of ether oxygens (including phenoxy) is 3. The summed E-state index contributed by atoms with van der Waals surface area (Å²) >= 11 is 0. The summed E-state index contributed by atoms with van der Waals surface area (Å²) in [7, 11) is -2.72. The number of fused-ring (bicyclic) bond motifs is 4. The highest BCUT2D eigenvalue weighted by Gasteiger charge is 2.68. The maximum Gasteiger partial charge on any atom is 0.408 e. The van der Waals surface area contributed by atoms with Gasteiger partial charge in [0.25, 0.3) is 5.91 Å². The number of halogens is 2. The number of benzene rings is 1. The van der Waals surface area contributed by atoms with Crippen molar-refractivity contribution in [1.82, 2.24) is 30.2 Å². The summed E-state index contributed by atoms with van der Waals surface area (Å²) in [4.78, 5) is 68.0. The van der Waals surface area contributed by atoms with Gasteiger partial charge in [-0.05, 0) is 89.7 Å². The summed E-state index contributed by atoms with van der Waals surface area (Å²) in [6, 6.07) is 2.67. The molecule has 0 unspecified atom stereocenters. The predicted octanol–water partition coefficient (Wildman–Crippen LogP) is 5.58. The predicted molar refractivity (Wildman–Crippen MR) is 218 cm³/mol. The van der Waals surface area contributed by atoms with Crippen LogP contribution in [0.1, 0.15) is 118 Å². The van der Waals surface area contributed by atoms with E-state index in [0.29, 0.717) is 35.3 Å². The van der Waals surface area contributed by atoms with E-state index in [1.807, 2.05) is 4.72 Å². The quantitative estimate of drug-likeness (QED) is 0.300. The van der Waals surface area contributed by atoms with E-state index >= 15 is 0 Å². The van der Waals surface area contributed by atoms with Gasteiger partial charge in [-0.25, -0.2) is 32.0 Å². The average Bonchev–Trinajstić information content (AvgIpc) is 4.07. The number of carbonyl (C=O) groups is 4. The van der Waals surface area contributed by atoms with E-state index < -0.39 is 98.0 Å². The number of nitrogens with one attached hydrogen (secondary N) is 3. The molecule has 2 aliphatic carbocycles. The van der Waals surface area contributed by atoms with Crippen LogP contribution in [0.15, 0.2) is 18.2 Å². The minimum Gasteiger partial charge on any atom is -0.497 e. The molecule has 0 spiro atoms. The van der Waals surface area contributed by atoms with Gasteiger partial charge in [0.05, 0.1) is 35.4 Å². The number of aromatic nitrogens is 2. The second kappa shape index (κ2) is 16.8. The van der Waals surface area contributed by atoms with Crippen LogP contribution in [-0.4, -0.2) is 101 Å². The highest BCUT2D eigenvalue weighted by Crippen LogP contribution is 2.50. The normalized spacial score (nSPS) is 28.5. The second-order valence-corrected chi connectivity index (χ2v) is 21.0. The van der Waals surface area contributed by atoms with E-state index in [-0.39, 0.29) is 31.7 Å². The SMILES string of the molecule is CC[C@@H]1[C@@H]2CN(C(=O)[C@H](C(C)(C)C)NC(=O)OC(C)(C)CCCCCCCc3nc4ccc(OC)cc4nc3O2)[C@@H]1C(=O)N[C@]1(C(=O)NS(=O)(=O)C2(C)CC2)C[C@H]1C(F)F. The van der Waals surface area contributed by atoms with Crippen molar-refractivity contribution in [2.75, 3.05) is 13.7 Å². The van der Waals surface area contributed by atoms with Crippen molar-refractivity contribution in [3.63, 3.8) is 0 Å². The molecule has 6 rings (SSSR count). The number of methoxy groups -OCH3 is 1. The number of hydrogen-bond acceptors (Lipinski definition) is 11. The molecule has 332 valence electrons. The molecule has 15 nitrogen and oxygen atoms in total. The summed E-state index contributed by atoms with van der Waals surface area (Å²) in [5, 5.41) is 5.27. The molecule has 18 heteroatoms. The number of carbonyl (C=O) groups excluding carboxylic acids is 4. The Kier molecular flexibility index (Phi) is 12.7. The molecule has 4 amide bonds. The first-order valence-corrected chi connectivity index (χ1v) is 22.5. The van der Waals surface area contributed by atoms with Crippen molar-refractivity contribution >= 4 is 44.9 Å². The van der Waals surface area contributed by atoms with Gasteiger partial charge in [-0.3, -0.25) is 19.1 Å². The Labute approximate surface area is 350 Å². The lowest BCUT2D eigenvalue weighted by molar-refractivity contribution is -0.144. The molecule has 1 aromatic carbocycles. The van der Waals surface area contributed by atoms with E-state index in [1.165, 1.54) is 18.9 Å². The smallest absolute Gasteiger partial charge is 0.408 e. The third kappa shape index (κ3) is 9.42. The Morgan fingerprint density at radius 3 is 2.33 bits per heavy atom. The molecule has 3 heterocycles. The largest absolute Gasteiger partial charge is 0.497 e. The number of alkyl carbamates (subject to hydrolysis) is 1. The van der Waals surface area contributed by atoms with Crippen LogP contribution in [-0.2, 0) is 35.6 Å². The van der Waals surface area contributed by atoms with Crippen molar-refractivity contribution in [3.05, 3.63) is 23.9 Å². The third-order valence-electron chi connectivity index (χ3n) is 12.6. The highest BCUT2D eigenvalue weighted by molar-refractivity contribution is 7.91. The van der Waals surface area contributed by atoms with Crippen LogP contribution >= 0.6 is 0 Å². The van der Waals surface area contributed by atoms with E-state index in [2.05, 4.69) is 10.6 Å². The summed E-state index contributed by atoms with van der Waals surface area (Å²) in [6.07, 6.45) is 0.920. The van der Waals surface area contributed by atoms with Crippen molar-refractivity contribution in [1.29, 1.82) is 0 Å². The number of cyclic esters (lactones) is 1. The molecule has 60 heavy (non-hydrogen) atoms. The van der Waals surface area contributed by atoms with Gasteiger partial charge in [0.1, 0.15) is 40.8 Å². The number of amides is 4. The van der Waals surface area contributed by atoms with E-state index in [0.717, 1.165) is 32.1 Å². The number of aryl methyl sites for hydroxylation is 1. The molecule has 2 bridgehead atoms. The zero-order chi connectivity index (χ0) is 44.0. The van der Waals surface area contributed by atoms with Gasteiger partial charge in [-0.1, -0.05) is 47.0 Å². The van der Waals surface area contributed by atoms with Gasteiger partial charge in [0.15, 0.2) is 0 Å². The van der Waals surface area contributed by atoms with Crippen LogP contribution in [0.3, 0.4) is 0 Å². The maximum atomic E-state index is 15.0. The third-order valence-corrected chi connectivity index (χ3v) is 14.8. The molecule has 2 aliphatic heterocycles. The standard InChI is InChI=1S/C42H60F2N6O9S/c1-9-25-30-23-50(31(25)34(51)48-42(22-26(42)33(43)44)37(53)49-60(55,56)41(7)19-20-41)36(52)32(39(2,3)4)47-38(54)59-40(5,6)18-14-12-10-11-13-15-28-35(58-30)46-29-21-24(57-8)16-17-27(29)45-28/h16-17,21,25-26,30-33H,9-15,18-20,22-23H2,1-8H3,(H,47,54)(H,48,51)(H,49,53)/t25-,26+,30+,31+,32-,42-/m1/s1. The molecular formula is C42H60F2N6O9S. The van der Waals surface area contributed by atoms with Crippen LogP contribution in [0.5, 0.6) is 11.6 Å². The maximum absolute atomic E-state index is 15.0. The first kappa shape index (κ1) is 45.2. The average molecular weight is 863 g/mol.